The smallest absolute Gasteiger partial charge is 0.266 e. The van der Waals surface area contributed by atoms with E-state index in [0.29, 0.717) is 60.6 Å². The average Bonchev–Trinajstić information content (AvgIpc) is 3.09. The normalized spacial score (nSPS) is 42.9. The lowest BCUT2D eigenvalue weighted by molar-refractivity contribution is -0.168. The number of rotatable bonds is 7. The number of hydrogen-bond acceptors (Lipinski definition) is 5. The van der Waals surface area contributed by atoms with Crippen molar-refractivity contribution in [2.45, 2.75) is 91.1 Å². The molecular weight excluding hydrogens is 454 g/mol. The van der Waals surface area contributed by atoms with E-state index in [0.717, 1.165) is 44.9 Å². The van der Waals surface area contributed by atoms with Crippen LogP contribution in [0.15, 0.2) is 0 Å². The van der Waals surface area contributed by atoms with Gasteiger partial charge in [-0.25, -0.2) is 0 Å². The maximum absolute atomic E-state index is 12.2. The fraction of sp³-hybridized carbons (Fsp3) is 0.923. The lowest BCUT2D eigenvalue weighted by atomic mass is 9.44. The van der Waals surface area contributed by atoms with Gasteiger partial charge in [-0.2, -0.15) is 8.42 Å². The zero-order chi connectivity index (χ0) is 24.9. The second-order valence-electron chi connectivity index (χ2n) is 12.4. The van der Waals surface area contributed by atoms with Gasteiger partial charge in [0.05, 0.1) is 11.9 Å². The second-order valence-corrected chi connectivity index (χ2v) is 14.0. The standard InChI is InChI=1S/C26H43NO6S/c1-16(4-7-23(30)27-12-13-34(31,32)33)19-5-6-20-24-21(9-11-26(19,20)3)25(2)10-8-18(28)14-17(25)15-22(24)29/h16-17,19-22,24,29H,4-15H2,1-3H3,(H,27,30)(H,31,32,33)/t16-,17+,19-,20?,21?,22+,24?,25+,26-/m1/s1. The Morgan fingerprint density at radius 1 is 1.15 bits per heavy atom. The molecule has 4 saturated carbocycles. The van der Waals surface area contributed by atoms with Crippen LogP contribution in [0.2, 0.25) is 0 Å². The van der Waals surface area contributed by atoms with Crippen LogP contribution in [-0.4, -0.2) is 48.2 Å². The highest BCUT2D eigenvalue weighted by Gasteiger charge is 2.62. The summed E-state index contributed by atoms with van der Waals surface area (Å²) in [4.78, 5) is 24.3. The zero-order valence-corrected chi connectivity index (χ0v) is 21.8. The number of aliphatic hydroxyl groups excluding tert-OH is 1. The fourth-order valence-corrected chi connectivity index (χ4v) is 9.32. The molecule has 0 spiro atoms. The maximum Gasteiger partial charge on any atom is 0.266 e. The average molecular weight is 498 g/mol. The Hall–Kier alpha value is -0.990. The Morgan fingerprint density at radius 2 is 1.85 bits per heavy atom. The molecule has 0 bridgehead atoms. The molecule has 4 aliphatic carbocycles. The van der Waals surface area contributed by atoms with Gasteiger partial charge < -0.3 is 10.4 Å². The van der Waals surface area contributed by atoms with Crippen LogP contribution in [-0.2, 0) is 19.7 Å². The summed E-state index contributed by atoms with van der Waals surface area (Å²) >= 11 is 0. The topological polar surface area (TPSA) is 121 Å². The van der Waals surface area contributed by atoms with Crippen molar-refractivity contribution in [2.24, 2.45) is 46.3 Å². The van der Waals surface area contributed by atoms with E-state index in [4.69, 9.17) is 4.55 Å². The van der Waals surface area contributed by atoms with E-state index in [2.05, 4.69) is 26.1 Å². The van der Waals surface area contributed by atoms with E-state index in [1.807, 2.05) is 0 Å². The minimum absolute atomic E-state index is 0.0679. The molecule has 0 aromatic rings. The van der Waals surface area contributed by atoms with Gasteiger partial charge >= 0.3 is 0 Å². The molecule has 0 aromatic heterocycles. The molecule has 0 aliphatic heterocycles. The van der Waals surface area contributed by atoms with Gasteiger partial charge in [-0.15, -0.1) is 0 Å². The molecule has 194 valence electrons. The first kappa shape index (κ1) is 26.1. The number of fused-ring (bicyclic) bond motifs is 5. The van der Waals surface area contributed by atoms with Crippen LogP contribution in [0.25, 0.3) is 0 Å². The van der Waals surface area contributed by atoms with Crippen molar-refractivity contribution < 1.29 is 27.7 Å². The third-order valence-electron chi connectivity index (χ3n) is 10.8. The molecule has 3 N–H and O–H groups in total. The van der Waals surface area contributed by atoms with Crippen LogP contribution in [0.3, 0.4) is 0 Å². The third kappa shape index (κ3) is 4.83. The number of carbonyl (C=O) groups excluding carboxylic acids is 2. The molecule has 4 aliphatic rings. The number of nitrogens with one attached hydrogen (secondary N) is 1. The van der Waals surface area contributed by atoms with Crippen LogP contribution in [0.4, 0.5) is 0 Å². The van der Waals surface area contributed by atoms with E-state index >= 15 is 0 Å². The summed E-state index contributed by atoms with van der Waals surface area (Å²) in [6.07, 6.45) is 8.39. The summed E-state index contributed by atoms with van der Waals surface area (Å²) in [5, 5.41) is 13.9. The van der Waals surface area contributed by atoms with Crippen LogP contribution in [0.5, 0.6) is 0 Å². The molecule has 3 unspecified atom stereocenters. The number of amides is 1. The van der Waals surface area contributed by atoms with Crippen LogP contribution >= 0.6 is 0 Å². The van der Waals surface area contributed by atoms with Crippen LogP contribution in [0.1, 0.15) is 85.0 Å². The number of carbonyl (C=O) groups is 2. The van der Waals surface area contributed by atoms with Crippen molar-refractivity contribution in [3.05, 3.63) is 0 Å². The molecule has 0 heterocycles. The summed E-state index contributed by atoms with van der Waals surface area (Å²) in [7, 11) is -4.07. The summed E-state index contributed by atoms with van der Waals surface area (Å²) < 4.78 is 30.5. The highest BCUT2D eigenvalue weighted by molar-refractivity contribution is 7.85. The van der Waals surface area contributed by atoms with Gasteiger partial charge in [0, 0.05) is 25.8 Å². The van der Waals surface area contributed by atoms with Crippen molar-refractivity contribution in [1.29, 1.82) is 0 Å². The van der Waals surface area contributed by atoms with Crippen molar-refractivity contribution in [3.8, 4) is 0 Å². The Balaban J connectivity index is 1.39. The van der Waals surface area contributed by atoms with Crippen LogP contribution < -0.4 is 5.32 Å². The Morgan fingerprint density at radius 3 is 2.56 bits per heavy atom. The lowest BCUT2D eigenvalue weighted by Gasteiger charge is -2.62. The second kappa shape index (κ2) is 9.47. The minimum Gasteiger partial charge on any atom is -0.393 e. The summed E-state index contributed by atoms with van der Waals surface area (Å²) in [5.74, 6) is 2.24. The molecule has 0 aromatic carbocycles. The molecule has 7 nitrogen and oxygen atoms in total. The summed E-state index contributed by atoms with van der Waals surface area (Å²) in [6.45, 7) is 6.98. The Labute approximate surface area is 204 Å². The monoisotopic (exact) mass is 497 g/mol. The molecule has 0 radical (unpaired) electrons. The van der Waals surface area contributed by atoms with Crippen molar-refractivity contribution in [2.75, 3.05) is 12.3 Å². The van der Waals surface area contributed by atoms with E-state index in [1.165, 1.54) is 0 Å². The SMILES string of the molecule is C[C@H](CCC(=O)NCCS(=O)(=O)O)[C@H]1CCC2C3C(CC[C@@]21C)[C@@]1(C)CCC(=O)C[C@H]1C[C@@H]3O. The first-order valence-electron chi connectivity index (χ1n) is 13.3. The summed E-state index contributed by atoms with van der Waals surface area (Å²) in [5.41, 5.74) is 0.333. The predicted octanol–water partition coefficient (Wildman–Crippen LogP) is 3.61. The minimum atomic E-state index is -4.07. The molecule has 9 atom stereocenters. The first-order chi connectivity index (χ1) is 15.8. The quantitative estimate of drug-likeness (QED) is 0.462. The third-order valence-corrected chi connectivity index (χ3v) is 11.5. The molecule has 0 saturated heterocycles. The van der Waals surface area contributed by atoms with E-state index < -0.39 is 15.9 Å². The van der Waals surface area contributed by atoms with Gasteiger partial charge in [-0.1, -0.05) is 20.8 Å². The Bertz CT molecular complexity index is 905. The zero-order valence-electron chi connectivity index (χ0n) is 21.0. The number of hydrogen-bond donors (Lipinski definition) is 3. The van der Waals surface area contributed by atoms with Gasteiger partial charge in [-0.3, -0.25) is 14.1 Å². The van der Waals surface area contributed by atoms with E-state index in [1.54, 1.807) is 0 Å². The van der Waals surface area contributed by atoms with Gasteiger partial charge in [0.25, 0.3) is 10.1 Å². The highest BCUT2D eigenvalue weighted by Crippen LogP contribution is 2.68. The number of ketones is 1. The first-order valence-corrected chi connectivity index (χ1v) is 14.9. The molecule has 4 rings (SSSR count). The molecule has 34 heavy (non-hydrogen) atoms. The maximum atomic E-state index is 12.2. The Kier molecular flexibility index (Phi) is 7.27. The molecular formula is C26H43NO6S. The lowest BCUT2D eigenvalue weighted by Crippen LogP contribution is -2.58. The fourth-order valence-electron chi connectivity index (χ4n) is 8.96. The highest BCUT2D eigenvalue weighted by atomic mass is 32.2. The van der Waals surface area contributed by atoms with Crippen molar-refractivity contribution >= 4 is 21.8 Å². The number of aliphatic hydroxyl groups is 1. The van der Waals surface area contributed by atoms with Crippen molar-refractivity contribution in [3.63, 3.8) is 0 Å². The predicted molar refractivity (Wildman–Crippen MR) is 129 cm³/mol. The molecule has 1 amide bonds. The molecule has 8 heteroatoms. The van der Waals surface area contributed by atoms with Gasteiger partial charge in [-0.05, 0) is 91.3 Å². The van der Waals surface area contributed by atoms with Gasteiger partial charge in [0.15, 0.2) is 0 Å². The van der Waals surface area contributed by atoms with Gasteiger partial charge in [0.1, 0.15) is 5.78 Å². The van der Waals surface area contributed by atoms with Crippen molar-refractivity contribution in [1.82, 2.24) is 5.32 Å². The van der Waals surface area contributed by atoms with E-state index in [9.17, 15) is 23.1 Å². The van der Waals surface area contributed by atoms with Crippen LogP contribution in [0, 0.1) is 46.3 Å². The van der Waals surface area contributed by atoms with E-state index in [-0.39, 0.29) is 29.4 Å². The molecule has 4 fully saturated rings. The summed E-state index contributed by atoms with van der Waals surface area (Å²) in [6, 6.07) is 0. The van der Waals surface area contributed by atoms with Gasteiger partial charge in [0.2, 0.25) is 5.91 Å². The largest absolute Gasteiger partial charge is 0.393 e. The number of Topliss-reactive ketones (excluding diaryl/α,β-unsaturated/α-hetero) is 1.